The Morgan fingerprint density at radius 1 is 1.31 bits per heavy atom. The van der Waals surface area contributed by atoms with Gasteiger partial charge in [0.15, 0.2) is 0 Å². The Balaban J connectivity index is 0.00000225. The highest BCUT2D eigenvalue weighted by Gasteiger charge is 2.10. The van der Waals surface area contributed by atoms with Crippen molar-refractivity contribution in [3.8, 4) is 0 Å². The molecule has 1 rings (SSSR count). The number of anilines is 1. The number of nitrogens with one attached hydrogen (secondary N) is 1. The molecule has 1 aromatic carbocycles. The van der Waals surface area contributed by atoms with Crippen molar-refractivity contribution in [1.29, 1.82) is 0 Å². The number of benzene rings is 1. The summed E-state index contributed by atoms with van der Waals surface area (Å²) in [4.78, 5) is 0.691. The van der Waals surface area contributed by atoms with E-state index in [4.69, 9.17) is 0 Å². The third kappa shape index (κ3) is 4.88. The monoisotopic (exact) mass is 243 g/mol. The van der Waals surface area contributed by atoms with Gasteiger partial charge in [-0.15, -0.1) is 11.8 Å². The van der Waals surface area contributed by atoms with E-state index in [2.05, 4.69) is 26.1 Å². The maximum Gasteiger partial charge on any atom is 0.138 e. The second-order valence-corrected chi connectivity index (χ2v) is 5.61. The lowest BCUT2D eigenvalue weighted by Crippen LogP contribution is -2.19. The Labute approximate surface area is 103 Å². The molecule has 1 aromatic rings. The number of hydrogen-bond acceptors (Lipinski definition) is 2. The van der Waals surface area contributed by atoms with Gasteiger partial charge in [0.2, 0.25) is 0 Å². The standard InChI is InChI=1S/C12H18FNS.CH4/c1-12(2,3)8-14-9-5-6-11(15-4)10(13)7-9;/h5-7,14H,8H2,1-4H3;1H4. The molecule has 0 saturated carbocycles. The van der Waals surface area contributed by atoms with Gasteiger partial charge < -0.3 is 5.32 Å². The van der Waals surface area contributed by atoms with Gasteiger partial charge in [-0.05, 0) is 29.9 Å². The van der Waals surface area contributed by atoms with Crippen LogP contribution in [0.3, 0.4) is 0 Å². The zero-order valence-electron chi connectivity index (χ0n) is 9.73. The molecule has 0 aliphatic rings. The van der Waals surface area contributed by atoms with Crippen molar-refractivity contribution in [2.75, 3.05) is 18.1 Å². The average molecular weight is 243 g/mol. The Hall–Kier alpha value is -0.700. The van der Waals surface area contributed by atoms with E-state index >= 15 is 0 Å². The van der Waals surface area contributed by atoms with Crippen molar-refractivity contribution < 1.29 is 4.39 Å². The fourth-order valence-electron chi connectivity index (χ4n) is 1.14. The molecule has 0 unspecified atom stereocenters. The lowest BCUT2D eigenvalue weighted by molar-refractivity contribution is 0.443. The number of rotatable bonds is 3. The molecule has 0 atom stereocenters. The first kappa shape index (κ1) is 15.3. The highest BCUT2D eigenvalue weighted by molar-refractivity contribution is 7.98. The molecule has 0 bridgehead atoms. The molecular weight excluding hydrogens is 221 g/mol. The summed E-state index contributed by atoms with van der Waals surface area (Å²) in [7, 11) is 0. The van der Waals surface area contributed by atoms with Crippen molar-refractivity contribution in [3.05, 3.63) is 24.0 Å². The van der Waals surface area contributed by atoms with Gasteiger partial charge in [-0.3, -0.25) is 0 Å². The molecule has 0 aromatic heterocycles. The lowest BCUT2D eigenvalue weighted by Gasteiger charge is -2.19. The molecule has 0 saturated heterocycles. The van der Waals surface area contributed by atoms with Crippen molar-refractivity contribution in [2.24, 2.45) is 5.41 Å². The molecule has 0 aliphatic carbocycles. The first-order valence-electron chi connectivity index (χ1n) is 5.00. The van der Waals surface area contributed by atoms with Crippen LogP contribution in [-0.2, 0) is 0 Å². The van der Waals surface area contributed by atoms with Gasteiger partial charge in [0.05, 0.1) is 0 Å². The predicted molar refractivity (Wildman–Crippen MR) is 72.9 cm³/mol. The Morgan fingerprint density at radius 2 is 1.94 bits per heavy atom. The van der Waals surface area contributed by atoms with Crippen LogP contribution in [0.25, 0.3) is 0 Å². The molecule has 0 heterocycles. The summed E-state index contributed by atoms with van der Waals surface area (Å²) in [5.74, 6) is -0.151. The van der Waals surface area contributed by atoms with Gasteiger partial charge in [0.25, 0.3) is 0 Å². The molecule has 0 radical (unpaired) electrons. The van der Waals surface area contributed by atoms with Gasteiger partial charge in [0, 0.05) is 17.1 Å². The summed E-state index contributed by atoms with van der Waals surface area (Å²) < 4.78 is 13.4. The van der Waals surface area contributed by atoms with E-state index in [1.807, 2.05) is 18.4 Å². The predicted octanol–water partition coefficient (Wildman–Crippen LogP) is 4.64. The third-order valence-electron chi connectivity index (χ3n) is 1.97. The summed E-state index contributed by atoms with van der Waals surface area (Å²) in [6.45, 7) is 7.27. The normalized spacial score (nSPS) is 10.8. The zero-order valence-corrected chi connectivity index (χ0v) is 10.5. The molecule has 0 amide bonds. The number of thioether (sulfide) groups is 1. The van der Waals surface area contributed by atoms with E-state index in [9.17, 15) is 4.39 Å². The fraction of sp³-hybridized carbons (Fsp3) is 0.538. The van der Waals surface area contributed by atoms with E-state index in [-0.39, 0.29) is 18.7 Å². The summed E-state index contributed by atoms with van der Waals surface area (Å²) in [5.41, 5.74) is 1.05. The van der Waals surface area contributed by atoms with Crippen LogP contribution in [0.15, 0.2) is 23.1 Å². The Kier molecular flexibility index (Phi) is 5.87. The molecule has 92 valence electrons. The average Bonchev–Trinajstić information content (AvgIpc) is 2.14. The summed E-state index contributed by atoms with van der Waals surface area (Å²) in [6, 6.07) is 5.28. The fourth-order valence-corrected chi connectivity index (χ4v) is 1.60. The summed E-state index contributed by atoms with van der Waals surface area (Å²) >= 11 is 1.42. The Bertz CT molecular complexity index is 331. The smallest absolute Gasteiger partial charge is 0.138 e. The second-order valence-electron chi connectivity index (χ2n) is 4.76. The van der Waals surface area contributed by atoms with E-state index in [1.165, 1.54) is 11.8 Å². The molecular formula is C13H22FNS. The largest absolute Gasteiger partial charge is 0.384 e. The van der Waals surface area contributed by atoms with Gasteiger partial charge >= 0.3 is 0 Å². The van der Waals surface area contributed by atoms with Gasteiger partial charge in [-0.2, -0.15) is 0 Å². The van der Waals surface area contributed by atoms with Crippen molar-refractivity contribution >= 4 is 17.4 Å². The quantitative estimate of drug-likeness (QED) is 0.776. The third-order valence-corrected chi connectivity index (χ3v) is 2.75. The molecule has 16 heavy (non-hydrogen) atoms. The number of hydrogen-bond donors (Lipinski definition) is 1. The lowest BCUT2D eigenvalue weighted by atomic mass is 9.97. The molecule has 0 aliphatic heterocycles. The summed E-state index contributed by atoms with van der Waals surface area (Å²) in [5, 5.41) is 3.23. The van der Waals surface area contributed by atoms with Gasteiger partial charge in [-0.25, -0.2) is 4.39 Å². The van der Waals surface area contributed by atoms with Crippen LogP contribution < -0.4 is 5.32 Å². The van der Waals surface area contributed by atoms with Crippen LogP contribution in [0.4, 0.5) is 10.1 Å². The maximum atomic E-state index is 13.4. The van der Waals surface area contributed by atoms with E-state index in [0.29, 0.717) is 4.90 Å². The highest BCUT2D eigenvalue weighted by Crippen LogP contribution is 2.23. The van der Waals surface area contributed by atoms with Crippen molar-refractivity contribution in [2.45, 2.75) is 33.1 Å². The minimum absolute atomic E-state index is 0. The SMILES string of the molecule is C.CSc1ccc(NCC(C)(C)C)cc1F. The van der Waals surface area contributed by atoms with Crippen molar-refractivity contribution in [3.63, 3.8) is 0 Å². The van der Waals surface area contributed by atoms with Gasteiger partial charge in [-0.1, -0.05) is 28.2 Å². The van der Waals surface area contributed by atoms with Crippen LogP contribution in [0.2, 0.25) is 0 Å². The highest BCUT2D eigenvalue weighted by atomic mass is 32.2. The van der Waals surface area contributed by atoms with Crippen LogP contribution in [0, 0.1) is 11.2 Å². The Morgan fingerprint density at radius 3 is 2.38 bits per heavy atom. The minimum atomic E-state index is -0.151. The zero-order chi connectivity index (χ0) is 11.5. The summed E-state index contributed by atoms with van der Waals surface area (Å²) in [6.07, 6.45) is 1.88. The molecule has 1 nitrogen and oxygen atoms in total. The van der Waals surface area contributed by atoms with E-state index < -0.39 is 0 Å². The topological polar surface area (TPSA) is 12.0 Å². The maximum absolute atomic E-state index is 13.4. The van der Waals surface area contributed by atoms with E-state index in [1.54, 1.807) is 6.07 Å². The van der Waals surface area contributed by atoms with Gasteiger partial charge in [0.1, 0.15) is 5.82 Å². The first-order valence-corrected chi connectivity index (χ1v) is 6.22. The van der Waals surface area contributed by atoms with Crippen LogP contribution in [0.1, 0.15) is 28.2 Å². The molecule has 3 heteroatoms. The van der Waals surface area contributed by atoms with Crippen molar-refractivity contribution in [1.82, 2.24) is 0 Å². The van der Waals surface area contributed by atoms with Crippen LogP contribution >= 0.6 is 11.8 Å². The number of halogens is 1. The van der Waals surface area contributed by atoms with Crippen LogP contribution in [-0.4, -0.2) is 12.8 Å². The molecule has 0 spiro atoms. The van der Waals surface area contributed by atoms with E-state index in [0.717, 1.165) is 12.2 Å². The second kappa shape index (κ2) is 6.14. The minimum Gasteiger partial charge on any atom is -0.384 e. The molecule has 0 fully saturated rings. The first-order chi connectivity index (χ1) is 6.92. The molecule has 1 N–H and O–H groups in total. The van der Waals surface area contributed by atoms with Crippen LogP contribution in [0.5, 0.6) is 0 Å².